The van der Waals surface area contributed by atoms with Gasteiger partial charge in [-0.15, -0.1) is 0 Å². The predicted octanol–water partition coefficient (Wildman–Crippen LogP) is 6.58. The Bertz CT molecular complexity index is 1140. The lowest BCUT2D eigenvalue weighted by molar-refractivity contribution is 0.135. The molecule has 0 aliphatic heterocycles. The van der Waals surface area contributed by atoms with Crippen molar-refractivity contribution in [3.8, 4) is 11.1 Å². The molecular formula is C30H34O4. The van der Waals surface area contributed by atoms with Crippen LogP contribution in [0.2, 0.25) is 0 Å². The molecule has 4 rings (SSSR count). The first kappa shape index (κ1) is 24.4. The number of fused-ring (bicyclic) bond motifs is 2. The molecule has 4 aromatic rings. The molecule has 4 nitrogen and oxygen atoms in total. The van der Waals surface area contributed by atoms with Gasteiger partial charge in [-0.25, -0.2) is 0 Å². The number of hydrogen-bond donors (Lipinski definition) is 2. The molecule has 4 heteroatoms. The molecule has 2 N–H and O–H groups in total. The fraction of sp³-hybridized carbons (Fsp3) is 0.333. The van der Waals surface area contributed by atoms with E-state index in [1.54, 1.807) is 14.2 Å². The number of hydrogen-bond acceptors (Lipinski definition) is 4. The van der Waals surface area contributed by atoms with Crippen molar-refractivity contribution < 1.29 is 19.7 Å². The van der Waals surface area contributed by atoms with Crippen molar-refractivity contribution in [2.75, 3.05) is 27.4 Å². The first-order valence-electron chi connectivity index (χ1n) is 12.0. The number of rotatable bonds is 11. The van der Waals surface area contributed by atoms with Crippen molar-refractivity contribution in [2.24, 2.45) is 0 Å². The standard InChI is InChI=1S/C30H34O4/c1-33-19-7-13-27(31)25-17-15-21-9-3-5-11-23(21)29(25)30-24-12-6-4-10-22(24)16-18-26(30)28(32)14-8-20-34-2/h3-6,9-12,15-18,27-28,31-32H,7-8,13-14,19-20H2,1-2H3/t27-,28-/m1/s1. The SMILES string of the molecule is COCCC[C@@H](O)c1ccc2ccccc2c1-c1c([C@H](O)CCCOC)ccc2ccccc12. The fourth-order valence-corrected chi connectivity index (χ4v) is 4.84. The molecule has 0 aliphatic rings. The average Bonchev–Trinajstić information content (AvgIpc) is 2.87. The topological polar surface area (TPSA) is 58.9 Å². The van der Waals surface area contributed by atoms with Gasteiger partial charge in [0.1, 0.15) is 0 Å². The van der Waals surface area contributed by atoms with Gasteiger partial charge in [-0.1, -0.05) is 72.8 Å². The van der Waals surface area contributed by atoms with E-state index in [4.69, 9.17) is 9.47 Å². The molecule has 0 saturated heterocycles. The van der Waals surface area contributed by atoms with Gasteiger partial charge in [0.2, 0.25) is 0 Å². The molecule has 0 radical (unpaired) electrons. The van der Waals surface area contributed by atoms with Crippen molar-refractivity contribution in [3.63, 3.8) is 0 Å². The summed E-state index contributed by atoms with van der Waals surface area (Å²) in [5, 5.41) is 26.9. The van der Waals surface area contributed by atoms with E-state index in [9.17, 15) is 10.2 Å². The molecule has 2 atom stereocenters. The summed E-state index contributed by atoms with van der Waals surface area (Å²) in [4.78, 5) is 0. The van der Waals surface area contributed by atoms with Crippen LogP contribution in [-0.4, -0.2) is 37.6 Å². The van der Waals surface area contributed by atoms with Gasteiger partial charge in [0.25, 0.3) is 0 Å². The van der Waals surface area contributed by atoms with Crippen LogP contribution >= 0.6 is 0 Å². The van der Waals surface area contributed by atoms with Crippen molar-refractivity contribution in [2.45, 2.75) is 37.9 Å². The highest BCUT2D eigenvalue weighted by Gasteiger charge is 2.23. The van der Waals surface area contributed by atoms with Crippen LogP contribution in [0.25, 0.3) is 32.7 Å². The van der Waals surface area contributed by atoms with Crippen molar-refractivity contribution >= 4 is 21.5 Å². The van der Waals surface area contributed by atoms with Crippen LogP contribution in [-0.2, 0) is 9.47 Å². The lowest BCUT2D eigenvalue weighted by Gasteiger charge is -2.24. The van der Waals surface area contributed by atoms with Gasteiger partial charge < -0.3 is 19.7 Å². The van der Waals surface area contributed by atoms with Gasteiger partial charge in [0.15, 0.2) is 0 Å². The maximum atomic E-state index is 11.3. The number of aliphatic hydroxyl groups excluding tert-OH is 2. The van der Waals surface area contributed by atoms with E-state index in [0.29, 0.717) is 26.1 Å². The van der Waals surface area contributed by atoms with E-state index < -0.39 is 12.2 Å². The second-order valence-electron chi connectivity index (χ2n) is 8.80. The summed E-state index contributed by atoms with van der Waals surface area (Å²) in [6.07, 6.45) is 1.49. The van der Waals surface area contributed by atoms with E-state index in [0.717, 1.165) is 56.6 Å². The smallest absolute Gasteiger partial charge is 0.0797 e. The van der Waals surface area contributed by atoms with E-state index in [1.807, 2.05) is 36.4 Å². The molecule has 0 amide bonds. The Morgan fingerprint density at radius 2 is 1.00 bits per heavy atom. The van der Waals surface area contributed by atoms with Crippen molar-refractivity contribution in [3.05, 3.63) is 83.9 Å². The van der Waals surface area contributed by atoms with E-state index in [2.05, 4.69) is 36.4 Å². The van der Waals surface area contributed by atoms with Crippen LogP contribution < -0.4 is 0 Å². The molecule has 0 aromatic heterocycles. The molecule has 0 heterocycles. The second-order valence-corrected chi connectivity index (χ2v) is 8.80. The first-order valence-corrected chi connectivity index (χ1v) is 12.0. The van der Waals surface area contributed by atoms with Crippen molar-refractivity contribution in [1.29, 1.82) is 0 Å². The highest BCUT2D eigenvalue weighted by Crippen LogP contribution is 2.44. The predicted molar refractivity (Wildman–Crippen MR) is 139 cm³/mol. The summed E-state index contributed by atoms with van der Waals surface area (Å²) < 4.78 is 10.4. The van der Waals surface area contributed by atoms with E-state index in [1.165, 1.54) is 0 Å². The molecule has 178 valence electrons. The monoisotopic (exact) mass is 458 g/mol. The molecule has 0 unspecified atom stereocenters. The van der Waals surface area contributed by atoms with Crippen LogP contribution in [0.4, 0.5) is 0 Å². The molecule has 0 bridgehead atoms. The van der Waals surface area contributed by atoms with Crippen LogP contribution in [0.1, 0.15) is 49.0 Å². The van der Waals surface area contributed by atoms with Gasteiger partial charge in [-0.3, -0.25) is 0 Å². The highest BCUT2D eigenvalue weighted by molar-refractivity contribution is 6.08. The van der Waals surface area contributed by atoms with E-state index in [-0.39, 0.29) is 0 Å². The van der Waals surface area contributed by atoms with Gasteiger partial charge in [-0.05, 0) is 69.5 Å². The molecular weight excluding hydrogens is 424 g/mol. The summed E-state index contributed by atoms with van der Waals surface area (Å²) in [6, 6.07) is 24.8. The quantitative estimate of drug-likeness (QED) is 0.249. The Balaban J connectivity index is 1.96. The molecule has 0 aliphatic carbocycles. The number of aliphatic hydroxyl groups is 2. The fourth-order valence-electron chi connectivity index (χ4n) is 4.84. The third-order valence-corrected chi connectivity index (χ3v) is 6.54. The maximum Gasteiger partial charge on any atom is 0.0797 e. The lowest BCUT2D eigenvalue weighted by Crippen LogP contribution is -2.07. The van der Waals surface area contributed by atoms with Crippen molar-refractivity contribution in [1.82, 2.24) is 0 Å². The summed E-state index contributed by atoms with van der Waals surface area (Å²) in [6.45, 7) is 1.22. The highest BCUT2D eigenvalue weighted by atomic mass is 16.5. The number of benzene rings is 4. The third kappa shape index (κ3) is 5.16. The summed E-state index contributed by atoms with van der Waals surface area (Å²) in [5.74, 6) is 0. The zero-order valence-corrected chi connectivity index (χ0v) is 20.0. The average molecular weight is 459 g/mol. The Morgan fingerprint density at radius 3 is 1.41 bits per heavy atom. The van der Waals surface area contributed by atoms with Crippen LogP contribution in [0.5, 0.6) is 0 Å². The minimum Gasteiger partial charge on any atom is -0.388 e. The summed E-state index contributed by atoms with van der Waals surface area (Å²) >= 11 is 0. The number of methoxy groups -OCH3 is 2. The van der Waals surface area contributed by atoms with E-state index >= 15 is 0 Å². The van der Waals surface area contributed by atoms with Gasteiger partial charge >= 0.3 is 0 Å². The molecule has 34 heavy (non-hydrogen) atoms. The lowest BCUT2D eigenvalue weighted by atomic mass is 9.83. The minimum absolute atomic E-state index is 0.607. The van der Waals surface area contributed by atoms with Crippen LogP contribution in [0, 0.1) is 0 Å². The molecule has 0 spiro atoms. The van der Waals surface area contributed by atoms with Gasteiger partial charge in [-0.2, -0.15) is 0 Å². The van der Waals surface area contributed by atoms with Crippen LogP contribution in [0.15, 0.2) is 72.8 Å². The molecule has 0 saturated carbocycles. The molecule has 0 fully saturated rings. The first-order chi connectivity index (χ1) is 16.7. The summed E-state index contributed by atoms with van der Waals surface area (Å²) in [7, 11) is 3.36. The van der Waals surface area contributed by atoms with Crippen LogP contribution in [0.3, 0.4) is 0 Å². The second kappa shape index (κ2) is 11.6. The normalized spacial score (nSPS) is 13.4. The Morgan fingerprint density at radius 1 is 0.588 bits per heavy atom. The molecule has 4 aromatic carbocycles. The Kier molecular flexibility index (Phi) is 8.30. The largest absolute Gasteiger partial charge is 0.388 e. The minimum atomic E-state index is -0.632. The Labute approximate surface area is 201 Å². The third-order valence-electron chi connectivity index (χ3n) is 6.54. The van der Waals surface area contributed by atoms with Gasteiger partial charge in [0, 0.05) is 27.4 Å². The maximum absolute atomic E-state index is 11.3. The zero-order chi connectivity index (χ0) is 23.9. The Hall–Kier alpha value is -2.76. The number of ether oxygens (including phenoxy) is 2. The summed E-state index contributed by atoms with van der Waals surface area (Å²) in [5.41, 5.74) is 3.77. The zero-order valence-electron chi connectivity index (χ0n) is 20.0. The van der Waals surface area contributed by atoms with Gasteiger partial charge in [0.05, 0.1) is 12.2 Å².